The number of nitrogens with one attached hydrogen (secondary N) is 1. The number of morpholine rings is 1. The van der Waals surface area contributed by atoms with Crippen LogP contribution in [0.3, 0.4) is 0 Å². The molecule has 0 aromatic carbocycles. The van der Waals surface area contributed by atoms with Crippen LogP contribution >= 0.6 is 0 Å². The van der Waals surface area contributed by atoms with Crippen molar-refractivity contribution in [2.24, 2.45) is 7.05 Å². The van der Waals surface area contributed by atoms with E-state index in [-0.39, 0.29) is 4.90 Å². The van der Waals surface area contributed by atoms with Crippen LogP contribution < -0.4 is 9.62 Å². The van der Waals surface area contributed by atoms with Crippen LogP contribution in [-0.2, 0) is 21.8 Å². The molecular weight excluding hydrogens is 430 g/mol. The molecule has 0 saturated carbocycles. The quantitative estimate of drug-likeness (QED) is 0.587. The van der Waals surface area contributed by atoms with Gasteiger partial charge in [0.15, 0.2) is 0 Å². The number of hydrogen-bond donors (Lipinski definition) is 1. The lowest BCUT2D eigenvalue weighted by Crippen LogP contribution is -2.37. The minimum absolute atomic E-state index is 0.0723. The highest BCUT2D eigenvalue weighted by molar-refractivity contribution is 7.92. The first-order valence-electron chi connectivity index (χ1n) is 9.98. The molecule has 32 heavy (non-hydrogen) atoms. The molecular formula is C21H23N7O3S. The van der Waals surface area contributed by atoms with Gasteiger partial charge in [-0.3, -0.25) is 14.4 Å². The molecule has 11 heteroatoms. The van der Waals surface area contributed by atoms with Gasteiger partial charge in [-0.15, -0.1) is 0 Å². The first-order valence-corrected chi connectivity index (χ1v) is 11.5. The van der Waals surface area contributed by atoms with E-state index in [0.717, 1.165) is 30.2 Å². The topological polar surface area (TPSA) is 115 Å². The van der Waals surface area contributed by atoms with Gasteiger partial charge in [0.25, 0.3) is 10.0 Å². The Hall–Kier alpha value is -3.49. The van der Waals surface area contributed by atoms with Gasteiger partial charge in [0, 0.05) is 38.1 Å². The van der Waals surface area contributed by atoms with E-state index in [1.165, 1.54) is 23.4 Å². The Bertz CT molecular complexity index is 1300. The molecule has 0 spiro atoms. The smallest absolute Gasteiger partial charge is 0.265 e. The Morgan fingerprint density at radius 1 is 1.06 bits per heavy atom. The Kier molecular flexibility index (Phi) is 6.07. The van der Waals surface area contributed by atoms with E-state index >= 15 is 0 Å². The lowest BCUT2D eigenvalue weighted by molar-refractivity contribution is 0.122. The van der Waals surface area contributed by atoms with Crippen LogP contribution in [0.4, 0.5) is 11.5 Å². The molecule has 1 N–H and O–H groups in total. The zero-order valence-corrected chi connectivity index (χ0v) is 18.8. The van der Waals surface area contributed by atoms with Crippen molar-refractivity contribution in [3.63, 3.8) is 0 Å². The summed E-state index contributed by atoms with van der Waals surface area (Å²) in [5.74, 6) is 7.00. The fourth-order valence-electron chi connectivity index (χ4n) is 3.20. The second kappa shape index (κ2) is 8.94. The maximum Gasteiger partial charge on any atom is 0.265 e. The largest absolute Gasteiger partial charge is 0.378 e. The van der Waals surface area contributed by atoms with Gasteiger partial charge in [-0.1, -0.05) is 11.8 Å². The second-order valence-corrected chi connectivity index (χ2v) is 9.00. The molecule has 0 unspecified atom stereocenters. The number of ether oxygens (including phenoxy) is 1. The maximum atomic E-state index is 12.7. The van der Waals surface area contributed by atoms with Crippen LogP contribution in [0.1, 0.15) is 22.5 Å². The summed E-state index contributed by atoms with van der Waals surface area (Å²) in [5, 5.41) is 3.92. The molecule has 0 aliphatic carbocycles. The van der Waals surface area contributed by atoms with Crippen LogP contribution in [0.2, 0.25) is 0 Å². The summed E-state index contributed by atoms with van der Waals surface area (Å²) < 4.78 is 34.8. The first-order chi connectivity index (χ1) is 15.3. The number of hydrogen-bond acceptors (Lipinski definition) is 8. The van der Waals surface area contributed by atoms with Crippen LogP contribution in [0.15, 0.2) is 35.9 Å². The van der Waals surface area contributed by atoms with Crippen molar-refractivity contribution in [2.75, 3.05) is 35.9 Å². The number of aryl methyl sites for hydroxylation is 3. The van der Waals surface area contributed by atoms with E-state index in [4.69, 9.17) is 4.74 Å². The van der Waals surface area contributed by atoms with Crippen molar-refractivity contribution in [1.29, 1.82) is 0 Å². The van der Waals surface area contributed by atoms with Gasteiger partial charge in [-0.2, -0.15) is 5.10 Å². The molecule has 1 saturated heterocycles. The molecule has 0 atom stereocenters. The molecule has 10 nitrogen and oxygen atoms in total. The van der Waals surface area contributed by atoms with E-state index in [1.54, 1.807) is 26.2 Å². The van der Waals surface area contributed by atoms with Crippen molar-refractivity contribution < 1.29 is 13.2 Å². The highest BCUT2D eigenvalue weighted by atomic mass is 32.2. The number of anilines is 2. The molecule has 166 valence electrons. The molecule has 1 aliphatic heterocycles. The van der Waals surface area contributed by atoms with E-state index in [9.17, 15) is 8.42 Å². The Labute approximate surface area is 186 Å². The van der Waals surface area contributed by atoms with Crippen molar-refractivity contribution in [3.05, 3.63) is 53.5 Å². The molecule has 0 bridgehead atoms. The van der Waals surface area contributed by atoms with E-state index < -0.39 is 10.0 Å². The Balaban J connectivity index is 1.64. The number of nitrogens with zero attached hydrogens (tertiary/aromatic N) is 6. The van der Waals surface area contributed by atoms with Crippen LogP contribution in [0.25, 0.3) is 0 Å². The SMILES string of the molecule is Cc1ncc(C#Cc2c(C)ncnc2N2CCOCC2)cc1NS(=O)(=O)c1cnn(C)c1. The maximum absolute atomic E-state index is 12.7. The predicted octanol–water partition coefficient (Wildman–Crippen LogP) is 1.26. The standard InChI is InChI=1S/C21H23N7O3S/c1-15-19(21(24-14-23-15)28-6-8-31-9-7-28)5-4-17-10-20(16(2)22-11-17)26-32(29,30)18-12-25-27(3)13-18/h10-14,26H,6-9H2,1-3H3. The minimum Gasteiger partial charge on any atom is -0.378 e. The molecule has 1 aliphatic rings. The zero-order chi connectivity index (χ0) is 22.7. The molecule has 0 radical (unpaired) electrons. The fourth-order valence-corrected chi connectivity index (χ4v) is 4.29. The highest BCUT2D eigenvalue weighted by Crippen LogP contribution is 2.21. The van der Waals surface area contributed by atoms with E-state index in [2.05, 4.69) is 41.5 Å². The number of sulfonamides is 1. The van der Waals surface area contributed by atoms with Gasteiger partial charge in [0.1, 0.15) is 17.0 Å². The van der Waals surface area contributed by atoms with Crippen LogP contribution in [0, 0.1) is 25.7 Å². The summed E-state index contributed by atoms with van der Waals surface area (Å²) in [6.45, 7) is 6.35. The van der Waals surface area contributed by atoms with Gasteiger partial charge in [-0.25, -0.2) is 18.4 Å². The molecule has 4 heterocycles. The molecule has 4 rings (SSSR count). The van der Waals surface area contributed by atoms with Crippen LogP contribution in [-0.4, -0.2) is 59.5 Å². The highest BCUT2D eigenvalue weighted by Gasteiger charge is 2.19. The van der Waals surface area contributed by atoms with Crippen molar-refractivity contribution in [1.82, 2.24) is 24.7 Å². The fraction of sp³-hybridized carbons (Fsp3) is 0.333. The van der Waals surface area contributed by atoms with Crippen molar-refractivity contribution in [2.45, 2.75) is 18.7 Å². The van der Waals surface area contributed by atoms with Crippen molar-refractivity contribution >= 4 is 21.5 Å². The van der Waals surface area contributed by atoms with E-state index in [1.807, 2.05) is 6.92 Å². The summed E-state index contributed by atoms with van der Waals surface area (Å²) in [4.78, 5) is 15.2. The van der Waals surface area contributed by atoms with Gasteiger partial charge >= 0.3 is 0 Å². The molecule has 1 fully saturated rings. The predicted molar refractivity (Wildman–Crippen MR) is 119 cm³/mol. The minimum atomic E-state index is -3.79. The lowest BCUT2D eigenvalue weighted by Gasteiger charge is -2.28. The average Bonchev–Trinajstić information content (AvgIpc) is 3.23. The third kappa shape index (κ3) is 4.71. The summed E-state index contributed by atoms with van der Waals surface area (Å²) in [6.07, 6.45) is 5.86. The summed E-state index contributed by atoms with van der Waals surface area (Å²) >= 11 is 0. The summed E-state index contributed by atoms with van der Waals surface area (Å²) in [6, 6.07) is 1.66. The molecule has 3 aromatic rings. The molecule has 3 aromatic heterocycles. The summed E-state index contributed by atoms with van der Waals surface area (Å²) in [5.41, 5.74) is 2.96. The van der Waals surface area contributed by atoms with Gasteiger partial charge in [0.05, 0.1) is 42.0 Å². The second-order valence-electron chi connectivity index (χ2n) is 7.32. The molecule has 0 amide bonds. The third-order valence-electron chi connectivity index (χ3n) is 4.98. The van der Waals surface area contributed by atoms with Gasteiger partial charge in [0.2, 0.25) is 0 Å². The van der Waals surface area contributed by atoms with Crippen molar-refractivity contribution in [3.8, 4) is 11.8 Å². The zero-order valence-electron chi connectivity index (χ0n) is 18.0. The number of rotatable bonds is 4. The first kappa shape index (κ1) is 21.7. The van der Waals surface area contributed by atoms with Gasteiger partial charge < -0.3 is 9.64 Å². The number of aromatic nitrogens is 5. The average molecular weight is 454 g/mol. The third-order valence-corrected chi connectivity index (χ3v) is 6.30. The van der Waals surface area contributed by atoms with Gasteiger partial charge in [-0.05, 0) is 19.9 Å². The lowest BCUT2D eigenvalue weighted by atomic mass is 10.1. The van der Waals surface area contributed by atoms with Crippen LogP contribution in [0.5, 0.6) is 0 Å². The Morgan fingerprint density at radius 2 is 1.84 bits per heavy atom. The summed E-state index contributed by atoms with van der Waals surface area (Å²) in [7, 11) is -2.13. The monoisotopic (exact) mass is 453 g/mol. The number of pyridine rings is 1. The Morgan fingerprint density at radius 3 is 2.56 bits per heavy atom. The normalized spacial score (nSPS) is 14.0. The van der Waals surface area contributed by atoms with E-state index in [0.29, 0.717) is 30.2 Å².